The Morgan fingerprint density at radius 1 is 1.42 bits per heavy atom. The van der Waals surface area contributed by atoms with Crippen LogP contribution in [0.1, 0.15) is 38.3 Å². The monoisotopic (exact) mass is 336 g/mol. The number of hydrogen-bond acceptors (Lipinski definition) is 5. The van der Waals surface area contributed by atoms with E-state index in [9.17, 15) is 9.90 Å². The fraction of sp³-hybridized carbons (Fsp3) is 0.765. The zero-order chi connectivity index (χ0) is 17.3. The minimum atomic E-state index is -0.591. The quantitative estimate of drug-likeness (QED) is 0.817. The lowest BCUT2D eigenvalue weighted by atomic mass is 9.75. The summed E-state index contributed by atoms with van der Waals surface area (Å²) in [5.74, 6) is 0.272. The van der Waals surface area contributed by atoms with Crippen LogP contribution in [0.5, 0.6) is 0 Å². The molecule has 7 nitrogen and oxygen atoms in total. The van der Waals surface area contributed by atoms with Gasteiger partial charge in [-0.25, -0.2) is 0 Å². The molecule has 24 heavy (non-hydrogen) atoms. The molecule has 0 radical (unpaired) electrons. The van der Waals surface area contributed by atoms with E-state index in [0.717, 1.165) is 31.5 Å². The summed E-state index contributed by atoms with van der Waals surface area (Å²) >= 11 is 0. The summed E-state index contributed by atoms with van der Waals surface area (Å²) in [6, 6.07) is -0.102. The number of aryl methyl sites for hydroxylation is 1. The Bertz CT molecular complexity index is 574. The second kappa shape index (κ2) is 6.82. The van der Waals surface area contributed by atoms with Crippen LogP contribution in [0.2, 0.25) is 0 Å². The molecule has 1 aromatic heterocycles. The van der Waals surface area contributed by atoms with E-state index in [-0.39, 0.29) is 24.0 Å². The normalized spacial score (nSPS) is 26.7. The zero-order valence-corrected chi connectivity index (χ0v) is 14.7. The number of hydrogen-bond donors (Lipinski definition) is 2. The van der Waals surface area contributed by atoms with E-state index in [1.165, 1.54) is 0 Å². The number of nitrogens with zero attached hydrogens (tertiary/aromatic N) is 3. The first kappa shape index (κ1) is 17.4. The molecule has 2 fully saturated rings. The van der Waals surface area contributed by atoms with E-state index in [4.69, 9.17) is 4.74 Å². The topological polar surface area (TPSA) is 79.6 Å². The minimum Gasteiger partial charge on any atom is -0.393 e. The summed E-state index contributed by atoms with van der Waals surface area (Å²) in [7, 11) is 1.87. The van der Waals surface area contributed by atoms with E-state index in [2.05, 4.69) is 15.3 Å². The van der Waals surface area contributed by atoms with Crippen molar-refractivity contribution in [3.05, 3.63) is 18.0 Å². The van der Waals surface area contributed by atoms with E-state index < -0.39 is 5.54 Å². The molecular weight excluding hydrogens is 308 g/mol. The van der Waals surface area contributed by atoms with Gasteiger partial charge < -0.3 is 15.2 Å². The number of morpholine rings is 1. The van der Waals surface area contributed by atoms with Gasteiger partial charge in [-0.05, 0) is 32.6 Å². The van der Waals surface area contributed by atoms with Gasteiger partial charge in [0.1, 0.15) is 0 Å². The van der Waals surface area contributed by atoms with Gasteiger partial charge in [-0.3, -0.25) is 14.4 Å². The SMILES string of the molecule is Cn1cc([C@H](NC(=O)C(C)(C)N2CCOCC2)C2CC(O)C2)cn1. The number of aliphatic hydroxyl groups is 1. The molecule has 1 amide bonds. The molecule has 1 saturated carbocycles. The molecule has 3 rings (SSSR count). The number of nitrogens with one attached hydrogen (secondary N) is 1. The van der Waals surface area contributed by atoms with Crippen LogP contribution in [-0.4, -0.2) is 63.6 Å². The zero-order valence-electron chi connectivity index (χ0n) is 14.7. The predicted octanol–water partition coefficient (Wildman–Crippen LogP) is 0.459. The van der Waals surface area contributed by atoms with Crippen molar-refractivity contribution in [1.82, 2.24) is 20.0 Å². The Balaban J connectivity index is 1.72. The van der Waals surface area contributed by atoms with Gasteiger partial charge in [-0.15, -0.1) is 0 Å². The lowest BCUT2D eigenvalue weighted by Crippen LogP contribution is -2.59. The van der Waals surface area contributed by atoms with Gasteiger partial charge >= 0.3 is 0 Å². The highest BCUT2D eigenvalue weighted by Crippen LogP contribution is 2.38. The molecule has 134 valence electrons. The van der Waals surface area contributed by atoms with Crippen LogP contribution in [0, 0.1) is 5.92 Å². The van der Waals surface area contributed by atoms with Crippen LogP contribution < -0.4 is 5.32 Å². The Labute approximate surface area is 143 Å². The first-order valence-corrected chi connectivity index (χ1v) is 8.68. The fourth-order valence-corrected chi connectivity index (χ4v) is 3.56. The summed E-state index contributed by atoms with van der Waals surface area (Å²) in [5.41, 5.74) is 0.410. The summed E-state index contributed by atoms with van der Waals surface area (Å²) < 4.78 is 7.14. The van der Waals surface area contributed by atoms with Crippen LogP contribution in [-0.2, 0) is 16.6 Å². The van der Waals surface area contributed by atoms with Crippen molar-refractivity contribution in [3.63, 3.8) is 0 Å². The van der Waals surface area contributed by atoms with Gasteiger partial charge in [0.2, 0.25) is 5.91 Å². The molecule has 0 bridgehead atoms. The van der Waals surface area contributed by atoms with Crippen molar-refractivity contribution < 1.29 is 14.6 Å². The Morgan fingerprint density at radius 3 is 2.62 bits per heavy atom. The van der Waals surface area contributed by atoms with E-state index in [1.54, 1.807) is 10.9 Å². The standard InChI is InChI=1S/C17H28N4O3/c1-17(2,21-4-6-24-7-5-21)16(23)19-15(12-8-14(22)9-12)13-10-18-20(3)11-13/h10-12,14-15,22H,4-9H2,1-3H3,(H,19,23)/t12?,14?,15-/m1/s1. The number of aromatic nitrogens is 2. The summed E-state index contributed by atoms with van der Waals surface area (Å²) in [4.78, 5) is 15.2. The van der Waals surface area contributed by atoms with Crippen molar-refractivity contribution in [1.29, 1.82) is 0 Å². The van der Waals surface area contributed by atoms with Crippen molar-refractivity contribution in [3.8, 4) is 0 Å². The lowest BCUT2D eigenvalue weighted by Gasteiger charge is -2.42. The molecule has 0 spiro atoms. The Morgan fingerprint density at radius 2 is 2.08 bits per heavy atom. The molecule has 1 aromatic rings. The molecule has 1 saturated heterocycles. The van der Waals surface area contributed by atoms with E-state index in [1.807, 2.05) is 27.1 Å². The third kappa shape index (κ3) is 3.48. The maximum absolute atomic E-state index is 13.0. The van der Waals surface area contributed by atoms with Crippen molar-refractivity contribution >= 4 is 5.91 Å². The highest BCUT2D eigenvalue weighted by Gasteiger charge is 2.41. The van der Waals surface area contributed by atoms with Crippen LogP contribution in [0.4, 0.5) is 0 Å². The number of aliphatic hydroxyl groups excluding tert-OH is 1. The average Bonchev–Trinajstić information content (AvgIpc) is 2.96. The number of rotatable bonds is 5. The van der Waals surface area contributed by atoms with Crippen LogP contribution in [0.15, 0.2) is 12.4 Å². The fourth-order valence-electron chi connectivity index (χ4n) is 3.56. The maximum atomic E-state index is 13.0. The van der Waals surface area contributed by atoms with Gasteiger partial charge in [-0.2, -0.15) is 5.10 Å². The number of amides is 1. The first-order valence-electron chi connectivity index (χ1n) is 8.68. The third-order valence-electron chi connectivity index (χ3n) is 5.35. The number of ether oxygens (including phenoxy) is 1. The van der Waals surface area contributed by atoms with Gasteiger partial charge in [-0.1, -0.05) is 0 Å². The first-order chi connectivity index (χ1) is 11.4. The maximum Gasteiger partial charge on any atom is 0.240 e. The molecule has 2 heterocycles. The van der Waals surface area contributed by atoms with Crippen molar-refractivity contribution in [2.24, 2.45) is 13.0 Å². The average molecular weight is 336 g/mol. The van der Waals surface area contributed by atoms with Crippen molar-refractivity contribution in [2.45, 2.75) is 44.4 Å². The molecule has 7 heteroatoms. The van der Waals surface area contributed by atoms with E-state index in [0.29, 0.717) is 13.2 Å². The van der Waals surface area contributed by atoms with Crippen LogP contribution in [0.3, 0.4) is 0 Å². The number of carbonyl (C=O) groups excluding carboxylic acids is 1. The predicted molar refractivity (Wildman–Crippen MR) is 89.3 cm³/mol. The third-order valence-corrected chi connectivity index (χ3v) is 5.35. The van der Waals surface area contributed by atoms with Gasteiger partial charge in [0.15, 0.2) is 0 Å². The molecule has 1 aliphatic heterocycles. The Kier molecular flexibility index (Phi) is 4.94. The van der Waals surface area contributed by atoms with Gasteiger partial charge in [0.05, 0.1) is 37.1 Å². The largest absolute Gasteiger partial charge is 0.393 e. The Hall–Kier alpha value is -1.44. The molecule has 1 atom stereocenters. The summed E-state index contributed by atoms with van der Waals surface area (Å²) in [6.45, 7) is 6.78. The number of carbonyl (C=O) groups is 1. The summed E-state index contributed by atoms with van der Waals surface area (Å²) in [6.07, 6.45) is 4.93. The molecular formula is C17H28N4O3. The molecule has 2 aliphatic rings. The molecule has 1 aliphatic carbocycles. The van der Waals surface area contributed by atoms with Crippen LogP contribution >= 0.6 is 0 Å². The van der Waals surface area contributed by atoms with Crippen molar-refractivity contribution in [2.75, 3.05) is 26.3 Å². The second-order valence-electron chi connectivity index (χ2n) is 7.44. The van der Waals surface area contributed by atoms with Gasteiger partial charge in [0, 0.05) is 31.9 Å². The minimum absolute atomic E-state index is 0.0136. The second-order valence-corrected chi connectivity index (χ2v) is 7.44. The summed E-state index contributed by atoms with van der Waals surface area (Å²) in [5, 5.41) is 17.1. The highest BCUT2D eigenvalue weighted by molar-refractivity contribution is 5.85. The van der Waals surface area contributed by atoms with E-state index >= 15 is 0 Å². The lowest BCUT2D eigenvalue weighted by molar-refractivity contribution is -0.136. The molecule has 2 N–H and O–H groups in total. The molecule has 0 unspecified atom stereocenters. The van der Waals surface area contributed by atoms with Gasteiger partial charge in [0.25, 0.3) is 0 Å². The van der Waals surface area contributed by atoms with Crippen LogP contribution in [0.25, 0.3) is 0 Å². The smallest absolute Gasteiger partial charge is 0.240 e. The highest BCUT2D eigenvalue weighted by atomic mass is 16.5. The molecule has 0 aromatic carbocycles.